The van der Waals surface area contributed by atoms with Gasteiger partial charge in [-0.05, 0) is 60.1 Å². The van der Waals surface area contributed by atoms with Crippen molar-refractivity contribution in [3.05, 3.63) is 59.7 Å². The normalized spacial score (nSPS) is 28.2. The zero-order valence-corrected chi connectivity index (χ0v) is 23.8. The molecular weight excluding hydrogens is 508 g/mol. The molecule has 0 spiro atoms. The maximum Gasteiger partial charge on any atom is 0.119 e. The summed E-state index contributed by atoms with van der Waals surface area (Å²) in [5.74, 6) is 2.96. The molecule has 6 bridgehead atoms. The fourth-order valence-electron chi connectivity index (χ4n) is 5.59. The summed E-state index contributed by atoms with van der Waals surface area (Å²) in [6.07, 6.45) is 2.46. The van der Waals surface area contributed by atoms with Gasteiger partial charge in [-0.25, -0.2) is 0 Å². The monoisotopic (exact) mass is 554 g/mol. The highest BCUT2D eigenvalue weighted by Crippen LogP contribution is 2.49. The fourth-order valence-corrected chi connectivity index (χ4v) is 5.59. The molecule has 2 atom stereocenters. The molecule has 2 aromatic carbocycles. The van der Waals surface area contributed by atoms with E-state index in [1.165, 1.54) is 24.0 Å². The van der Waals surface area contributed by atoms with Gasteiger partial charge in [0.25, 0.3) is 0 Å². The second kappa shape index (κ2) is 16.3. The summed E-state index contributed by atoms with van der Waals surface area (Å²) in [6.45, 7) is 11.3. The van der Waals surface area contributed by atoms with Crippen LogP contribution >= 0.6 is 0 Å². The molecule has 1 saturated heterocycles. The zero-order valence-electron chi connectivity index (χ0n) is 23.8. The van der Waals surface area contributed by atoms with E-state index in [0.717, 1.165) is 50.8 Å². The average molecular weight is 555 g/mol. The Labute approximate surface area is 239 Å². The molecule has 11 rings (SSSR count). The molecule has 2 unspecified atom stereocenters. The molecule has 8 heteroatoms. The van der Waals surface area contributed by atoms with E-state index in [9.17, 15) is 0 Å². The fraction of sp³-hybridized carbons (Fsp3) is 0.625. The van der Waals surface area contributed by atoms with Gasteiger partial charge in [0, 0.05) is 39.3 Å². The van der Waals surface area contributed by atoms with Crippen LogP contribution in [-0.4, -0.2) is 115 Å². The van der Waals surface area contributed by atoms with E-state index in [1.807, 2.05) is 0 Å². The zero-order chi connectivity index (χ0) is 27.2. The number of benzene rings is 2. The summed E-state index contributed by atoms with van der Waals surface area (Å²) >= 11 is 0. The number of hydrogen-bond donors (Lipinski definition) is 0. The second-order valence-electron chi connectivity index (χ2n) is 10.8. The molecule has 2 aromatic rings. The van der Waals surface area contributed by atoms with E-state index in [-0.39, 0.29) is 0 Å². The van der Waals surface area contributed by atoms with E-state index < -0.39 is 0 Å². The second-order valence-corrected chi connectivity index (χ2v) is 10.8. The smallest absolute Gasteiger partial charge is 0.119 e. The molecule has 8 nitrogen and oxygen atoms in total. The molecule has 0 N–H and O–H groups in total. The Morgan fingerprint density at radius 2 is 0.725 bits per heavy atom. The molecule has 8 heterocycles. The Bertz CT molecular complexity index is 873. The van der Waals surface area contributed by atoms with Crippen LogP contribution in [0.15, 0.2) is 48.5 Å². The number of nitrogens with zero attached hydrogens (tertiary/aromatic N) is 2. The van der Waals surface area contributed by atoms with Gasteiger partial charge >= 0.3 is 0 Å². The van der Waals surface area contributed by atoms with Crippen molar-refractivity contribution in [2.45, 2.75) is 24.7 Å². The van der Waals surface area contributed by atoms with Crippen molar-refractivity contribution in [2.75, 3.05) is 105 Å². The van der Waals surface area contributed by atoms with Crippen LogP contribution in [0.5, 0.6) is 11.5 Å². The van der Waals surface area contributed by atoms with Gasteiger partial charge in [-0.15, -0.1) is 0 Å². The predicted molar refractivity (Wildman–Crippen MR) is 155 cm³/mol. The highest BCUT2D eigenvalue weighted by Gasteiger charge is 2.33. The van der Waals surface area contributed by atoms with Crippen LogP contribution in [0.25, 0.3) is 0 Å². The molecule has 0 radical (unpaired) electrons. The van der Waals surface area contributed by atoms with Gasteiger partial charge in [-0.2, -0.15) is 0 Å². The molecule has 0 amide bonds. The predicted octanol–water partition coefficient (Wildman–Crippen LogP) is 3.80. The van der Waals surface area contributed by atoms with Crippen LogP contribution in [-0.2, 0) is 18.9 Å². The maximum atomic E-state index is 6.13. The topological polar surface area (TPSA) is 61.9 Å². The van der Waals surface area contributed by atoms with Crippen LogP contribution < -0.4 is 9.47 Å². The first-order valence-electron chi connectivity index (χ1n) is 15.1. The lowest BCUT2D eigenvalue weighted by Gasteiger charge is -2.37. The molecule has 1 saturated carbocycles. The van der Waals surface area contributed by atoms with E-state index in [1.54, 1.807) is 0 Å². The summed E-state index contributed by atoms with van der Waals surface area (Å²) in [5.41, 5.74) is 2.80. The maximum absolute atomic E-state index is 6.13. The van der Waals surface area contributed by atoms with Crippen LogP contribution in [0.1, 0.15) is 35.8 Å². The van der Waals surface area contributed by atoms with Crippen molar-refractivity contribution >= 4 is 0 Å². The summed E-state index contributed by atoms with van der Waals surface area (Å²) in [6, 6.07) is 17.5. The molecular formula is C32H46N2O6. The first kappa shape index (κ1) is 29.3. The van der Waals surface area contributed by atoms with Crippen LogP contribution in [0, 0.1) is 0 Å². The average Bonchev–Trinajstić information content (AvgIpc) is 2.95. The first-order valence-corrected chi connectivity index (χ1v) is 15.1. The molecule has 0 aromatic heterocycles. The third-order valence-corrected chi connectivity index (χ3v) is 8.19. The van der Waals surface area contributed by atoms with Gasteiger partial charge in [-0.3, -0.25) is 9.80 Å². The lowest BCUT2D eigenvalue weighted by molar-refractivity contribution is 0.00572. The number of ether oxygens (including phenoxy) is 6. The van der Waals surface area contributed by atoms with Gasteiger partial charge < -0.3 is 28.4 Å². The van der Waals surface area contributed by atoms with Gasteiger partial charge in [0.1, 0.15) is 24.7 Å². The molecule has 9 aliphatic rings. The Morgan fingerprint density at radius 3 is 1.05 bits per heavy atom. The Hall–Kier alpha value is -2.20. The quantitative estimate of drug-likeness (QED) is 0.488. The van der Waals surface area contributed by atoms with E-state index in [0.29, 0.717) is 77.9 Å². The van der Waals surface area contributed by atoms with Crippen LogP contribution in [0.3, 0.4) is 0 Å². The van der Waals surface area contributed by atoms with Crippen molar-refractivity contribution in [1.29, 1.82) is 0 Å². The largest absolute Gasteiger partial charge is 0.492 e. The van der Waals surface area contributed by atoms with E-state index >= 15 is 0 Å². The summed E-state index contributed by atoms with van der Waals surface area (Å²) in [4.78, 5) is 4.68. The van der Waals surface area contributed by atoms with E-state index in [2.05, 4.69) is 58.3 Å². The lowest BCUT2D eigenvalue weighted by Crippen LogP contribution is -2.36. The van der Waals surface area contributed by atoms with Gasteiger partial charge in [-0.1, -0.05) is 24.3 Å². The van der Waals surface area contributed by atoms with Gasteiger partial charge in [0.15, 0.2) is 0 Å². The Kier molecular flexibility index (Phi) is 11.9. The third kappa shape index (κ3) is 9.16. The molecule has 2 fully saturated rings. The van der Waals surface area contributed by atoms with Crippen LogP contribution in [0.4, 0.5) is 0 Å². The summed E-state index contributed by atoms with van der Waals surface area (Å²) in [5, 5.41) is 0. The number of rotatable bonds is 0. The SMILES string of the molecule is c1cc2ccc1OCCN1CCOCCOCCN(CCOCCOCC1)CCOc1ccc(cc1)C1CCC21. The minimum Gasteiger partial charge on any atom is -0.492 e. The van der Waals surface area contributed by atoms with Crippen molar-refractivity contribution < 1.29 is 28.4 Å². The Balaban J connectivity index is 1.27. The lowest BCUT2D eigenvalue weighted by atomic mass is 9.67. The Morgan fingerprint density at radius 1 is 0.400 bits per heavy atom. The standard InChI is InChI=1S/C32H46N2O6/c1-5-29-6-2-27(1)31-9-10-32(31)28-3-7-30(8-4-28)40-22-16-34-13-19-37-25-23-35-17-11-33(15-21-39-29)12-18-36-24-26-38-20-14-34/h1-8,31-32H,9-26H2. The molecule has 8 aliphatic heterocycles. The number of hydrogen-bond acceptors (Lipinski definition) is 8. The van der Waals surface area contributed by atoms with Crippen molar-refractivity contribution in [3.8, 4) is 11.5 Å². The molecule has 40 heavy (non-hydrogen) atoms. The van der Waals surface area contributed by atoms with E-state index in [4.69, 9.17) is 28.4 Å². The molecule has 1 aliphatic carbocycles. The van der Waals surface area contributed by atoms with Gasteiger partial charge in [0.05, 0.1) is 52.9 Å². The molecule has 220 valence electrons. The summed E-state index contributed by atoms with van der Waals surface area (Å²) in [7, 11) is 0. The highest BCUT2D eigenvalue weighted by atomic mass is 16.5. The first-order chi connectivity index (χ1) is 19.8. The summed E-state index contributed by atoms with van der Waals surface area (Å²) < 4.78 is 35.7. The van der Waals surface area contributed by atoms with Crippen molar-refractivity contribution in [2.24, 2.45) is 0 Å². The van der Waals surface area contributed by atoms with Crippen LogP contribution in [0.2, 0.25) is 0 Å². The van der Waals surface area contributed by atoms with Gasteiger partial charge in [0.2, 0.25) is 0 Å². The van der Waals surface area contributed by atoms with Crippen molar-refractivity contribution in [1.82, 2.24) is 9.80 Å². The van der Waals surface area contributed by atoms with Crippen molar-refractivity contribution in [3.63, 3.8) is 0 Å². The highest BCUT2D eigenvalue weighted by molar-refractivity contribution is 5.37. The third-order valence-electron chi connectivity index (χ3n) is 8.19. The minimum absolute atomic E-state index is 0.562. The minimum atomic E-state index is 0.562.